The van der Waals surface area contributed by atoms with Crippen molar-refractivity contribution in [3.63, 3.8) is 0 Å². The number of aliphatic hydroxyl groups excluding tert-OH is 1. The molecule has 8 heteroatoms. The molecule has 1 heterocycles. The summed E-state index contributed by atoms with van der Waals surface area (Å²) >= 11 is 0. The largest absolute Gasteiger partial charge is 0.507 e. The van der Waals surface area contributed by atoms with Crippen LogP contribution in [-0.2, 0) is 9.59 Å². The summed E-state index contributed by atoms with van der Waals surface area (Å²) in [5.41, 5.74) is 1.74. The van der Waals surface area contributed by atoms with Gasteiger partial charge in [-0.15, -0.1) is 0 Å². The first-order valence-corrected chi connectivity index (χ1v) is 10.7. The highest BCUT2D eigenvalue weighted by molar-refractivity contribution is 6.46. The topological polar surface area (TPSA) is 99.5 Å². The summed E-state index contributed by atoms with van der Waals surface area (Å²) in [5.74, 6) is -0.850. The van der Waals surface area contributed by atoms with Gasteiger partial charge >= 0.3 is 0 Å². The van der Waals surface area contributed by atoms with Crippen molar-refractivity contribution in [1.29, 1.82) is 0 Å². The van der Waals surface area contributed by atoms with Crippen LogP contribution in [0.5, 0.6) is 17.2 Å². The molecule has 1 fully saturated rings. The van der Waals surface area contributed by atoms with Gasteiger partial charge in [-0.05, 0) is 69.4 Å². The Bertz CT molecular complexity index is 1090. The number of nitrogens with zero attached hydrogens (tertiary/aromatic N) is 2. The van der Waals surface area contributed by atoms with Crippen LogP contribution in [0.15, 0.2) is 42.0 Å². The number of benzene rings is 2. The van der Waals surface area contributed by atoms with Gasteiger partial charge < -0.3 is 29.5 Å². The van der Waals surface area contributed by atoms with Gasteiger partial charge in [-0.25, -0.2) is 0 Å². The Labute approximate surface area is 193 Å². The van der Waals surface area contributed by atoms with Gasteiger partial charge in [-0.2, -0.15) is 0 Å². The number of ether oxygens (including phenoxy) is 2. The molecule has 0 radical (unpaired) electrons. The summed E-state index contributed by atoms with van der Waals surface area (Å²) in [5, 5.41) is 21.3. The van der Waals surface area contributed by atoms with Crippen LogP contribution in [0.1, 0.15) is 29.7 Å². The number of aromatic hydroxyl groups is 1. The zero-order chi connectivity index (χ0) is 24.3. The van der Waals surface area contributed by atoms with E-state index in [1.807, 2.05) is 25.9 Å². The summed E-state index contributed by atoms with van der Waals surface area (Å²) in [4.78, 5) is 29.5. The number of aliphatic hydroxyl groups is 1. The monoisotopic (exact) mass is 454 g/mol. The van der Waals surface area contributed by atoms with Gasteiger partial charge in [-0.1, -0.05) is 6.07 Å². The van der Waals surface area contributed by atoms with Crippen LogP contribution in [-0.4, -0.2) is 72.6 Å². The standard InChI is InChI=1S/C25H30N2O6/c1-6-33-20-14-16(7-9-18(20)28)22-21(24(30)25(31)27(22)12-11-26(3)4)23(29)17-8-10-19(32-5)15(2)13-17/h7-10,13-14,22,28-29H,6,11-12H2,1-5H3. The molecule has 0 saturated carbocycles. The molecule has 0 bridgehead atoms. The van der Waals surface area contributed by atoms with E-state index in [0.717, 1.165) is 5.56 Å². The van der Waals surface area contributed by atoms with Crippen LogP contribution in [0.2, 0.25) is 0 Å². The second-order valence-electron chi connectivity index (χ2n) is 8.14. The van der Waals surface area contributed by atoms with Gasteiger partial charge in [0.1, 0.15) is 11.5 Å². The summed E-state index contributed by atoms with van der Waals surface area (Å²) in [6.45, 7) is 4.77. The first-order valence-electron chi connectivity index (χ1n) is 10.7. The molecule has 2 aromatic carbocycles. The summed E-state index contributed by atoms with van der Waals surface area (Å²) in [6, 6.07) is 8.93. The number of rotatable bonds is 8. The van der Waals surface area contributed by atoms with Crippen LogP contribution in [0.4, 0.5) is 0 Å². The van der Waals surface area contributed by atoms with Crippen molar-refractivity contribution in [2.45, 2.75) is 19.9 Å². The number of amides is 1. The third-order valence-electron chi connectivity index (χ3n) is 5.60. The molecular weight excluding hydrogens is 424 g/mol. The number of ketones is 1. The second-order valence-corrected chi connectivity index (χ2v) is 8.14. The lowest BCUT2D eigenvalue weighted by Gasteiger charge is -2.27. The molecule has 0 spiro atoms. The molecule has 176 valence electrons. The van der Waals surface area contributed by atoms with E-state index in [0.29, 0.717) is 30.0 Å². The minimum Gasteiger partial charge on any atom is -0.507 e. The zero-order valence-electron chi connectivity index (χ0n) is 19.6. The first-order chi connectivity index (χ1) is 15.7. The molecule has 1 saturated heterocycles. The smallest absolute Gasteiger partial charge is 0.295 e. The van der Waals surface area contributed by atoms with Crippen LogP contribution in [0.25, 0.3) is 5.76 Å². The van der Waals surface area contributed by atoms with Gasteiger partial charge in [0.2, 0.25) is 0 Å². The van der Waals surface area contributed by atoms with Crippen molar-refractivity contribution in [3.8, 4) is 17.2 Å². The number of aryl methyl sites for hydroxylation is 1. The molecule has 8 nitrogen and oxygen atoms in total. The fraction of sp³-hybridized carbons (Fsp3) is 0.360. The maximum atomic E-state index is 13.1. The fourth-order valence-corrected chi connectivity index (χ4v) is 3.92. The van der Waals surface area contributed by atoms with Crippen LogP contribution in [0, 0.1) is 6.92 Å². The SMILES string of the molecule is CCOc1cc(C2C(=C(O)c3ccc(OC)c(C)c3)C(=O)C(=O)N2CCN(C)C)ccc1O. The normalized spacial score (nSPS) is 17.6. The highest BCUT2D eigenvalue weighted by atomic mass is 16.5. The Hall–Kier alpha value is -3.52. The lowest BCUT2D eigenvalue weighted by molar-refractivity contribution is -0.140. The number of Topliss-reactive ketones (excluding diaryl/α,β-unsaturated/α-hetero) is 1. The van der Waals surface area contributed by atoms with Gasteiger partial charge in [0.25, 0.3) is 11.7 Å². The number of methoxy groups -OCH3 is 1. The third-order valence-corrected chi connectivity index (χ3v) is 5.60. The maximum absolute atomic E-state index is 13.1. The average molecular weight is 455 g/mol. The average Bonchev–Trinajstić information content (AvgIpc) is 3.03. The molecule has 1 aliphatic rings. The number of phenolic OH excluding ortho intramolecular Hbond substituents is 1. The summed E-state index contributed by atoms with van der Waals surface area (Å²) < 4.78 is 10.8. The Balaban J connectivity index is 2.18. The molecule has 0 aromatic heterocycles. The van der Waals surface area contributed by atoms with E-state index in [1.54, 1.807) is 44.4 Å². The predicted octanol–water partition coefficient (Wildman–Crippen LogP) is 3.09. The highest BCUT2D eigenvalue weighted by Gasteiger charge is 2.46. The van der Waals surface area contributed by atoms with E-state index in [2.05, 4.69) is 0 Å². The lowest BCUT2D eigenvalue weighted by atomic mass is 9.94. The van der Waals surface area contributed by atoms with Gasteiger partial charge in [-0.3, -0.25) is 9.59 Å². The molecule has 0 aliphatic carbocycles. The van der Waals surface area contributed by atoms with Crippen molar-refractivity contribution in [3.05, 3.63) is 58.7 Å². The predicted molar refractivity (Wildman–Crippen MR) is 125 cm³/mol. The molecule has 1 amide bonds. The number of hydrogen-bond acceptors (Lipinski definition) is 7. The number of carbonyl (C=O) groups is 2. The van der Waals surface area contributed by atoms with E-state index in [4.69, 9.17) is 9.47 Å². The van der Waals surface area contributed by atoms with Crippen molar-refractivity contribution < 1.29 is 29.3 Å². The molecule has 33 heavy (non-hydrogen) atoms. The van der Waals surface area contributed by atoms with E-state index in [-0.39, 0.29) is 29.4 Å². The lowest BCUT2D eigenvalue weighted by Crippen LogP contribution is -2.35. The quantitative estimate of drug-likeness (QED) is 0.359. The van der Waals surface area contributed by atoms with Crippen LogP contribution in [0.3, 0.4) is 0 Å². The molecule has 1 atom stereocenters. The molecule has 2 aromatic rings. The van der Waals surface area contributed by atoms with E-state index < -0.39 is 17.7 Å². The van der Waals surface area contributed by atoms with Crippen LogP contribution >= 0.6 is 0 Å². The number of carbonyl (C=O) groups excluding carboxylic acids is 2. The first kappa shape index (κ1) is 24.1. The van der Waals surface area contributed by atoms with E-state index in [1.165, 1.54) is 11.0 Å². The van der Waals surface area contributed by atoms with Crippen molar-refractivity contribution in [2.24, 2.45) is 0 Å². The zero-order valence-corrected chi connectivity index (χ0v) is 19.6. The Morgan fingerprint density at radius 1 is 1.12 bits per heavy atom. The highest BCUT2D eigenvalue weighted by Crippen LogP contribution is 2.42. The number of likely N-dealkylation sites (N-methyl/N-ethyl adjacent to an activating group) is 1. The molecule has 3 rings (SSSR count). The number of hydrogen-bond donors (Lipinski definition) is 2. The van der Waals surface area contributed by atoms with Crippen molar-refractivity contribution in [2.75, 3.05) is 40.9 Å². The van der Waals surface area contributed by atoms with Crippen molar-refractivity contribution >= 4 is 17.4 Å². The Morgan fingerprint density at radius 3 is 2.45 bits per heavy atom. The second kappa shape index (κ2) is 9.95. The van der Waals surface area contributed by atoms with E-state index in [9.17, 15) is 19.8 Å². The van der Waals surface area contributed by atoms with E-state index >= 15 is 0 Å². The summed E-state index contributed by atoms with van der Waals surface area (Å²) in [6.07, 6.45) is 0. The van der Waals surface area contributed by atoms with Gasteiger partial charge in [0.15, 0.2) is 11.5 Å². The fourth-order valence-electron chi connectivity index (χ4n) is 3.92. The van der Waals surface area contributed by atoms with Gasteiger partial charge in [0.05, 0.1) is 25.3 Å². The minimum absolute atomic E-state index is 0.00328. The van der Waals surface area contributed by atoms with Crippen LogP contribution < -0.4 is 9.47 Å². The Kier molecular flexibility index (Phi) is 7.28. The Morgan fingerprint density at radius 2 is 1.85 bits per heavy atom. The maximum Gasteiger partial charge on any atom is 0.295 e. The summed E-state index contributed by atoms with van der Waals surface area (Å²) in [7, 11) is 5.30. The molecular formula is C25H30N2O6. The number of likely N-dealkylation sites (tertiary alicyclic amines) is 1. The minimum atomic E-state index is -0.827. The van der Waals surface area contributed by atoms with Gasteiger partial charge in [0, 0.05) is 18.7 Å². The molecule has 1 unspecified atom stereocenters. The third kappa shape index (κ3) is 4.80. The molecule has 2 N–H and O–H groups in total. The number of phenols is 1. The molecule has 1 aliphatic heterocycles. The van der Waals surface area contributed by atoms with Crippen molar-refractivity contribution in [1.82, 2.24) is 9.80 Å².